The second-order valence-electron chi connectivity index (χ2n) is 15.5. The summed E-state index contributed by atoms with van der Waals surface area (Å²) in [6.45, 7) is 0. The van der Waals surface area contributed by atoms with Gasteiger partial charge in [-0.1, -0.05) is 158 Å². The minimum atomic E-state index is 0.917. The lowest BCUT2D eigenvalue weighted by Gasteiger charge is -2.24. The summed E-state index contributed by atoms with van der Waals surface area (Å²) >= 11 is 0. The van der Waals surface area contributed by atoms with Crippen molar-refractivity contribution in [2.45, 2.75) is 12.8 Å². The molecule has 0 N–H and O–H groups in total. The molecule has 12 rings (SSSR count). The van der Waals surface area contributed by atoms with Crippen molar-refractivity contribution in [3.8, 4) is 50.2 Å². The predicted octanol–water partition coefficient (Wildman–Crippen LogP) is 15.5. The number of hydrogen-bond donors (Lipinski definition) is 0. The molecule has 1 aliphatic carbocycles. The molecule has 58 heavy (non-hydrogen) atoms. The zero-order valence-electron chi connectivity index (χ0n) is 31.8. The van der Waals surface area contributed by atoms with Crippen LogP contribution < -0.4 is 0 Å². The summed E-state index contributed by atoms with van der Waals surface area (Å²) in [6.07, 6.45) is 6.77. The zero-order valence-corrected chi connectivity index (χ0v) is 31.8. The van der Waals surface area contributed by atoms with Crippen LogP contribution in [0.25, 0.3) is 111 Å². The van der Waals surface area contributed by atoms with E-state index in [0.29, 0.717) is 0 Å². The first kappa shape index (κ1) is 32.8. The molecule has 0 spiro atoms. The SMILES string of the molecule is C1=Cc2c(c(-c3ccc(-n4c5ccccc5c5cc(-c6cccc(-c7cccc8c7oc7ccccc78)c6)ccc54)cc3)c3ccccc3c2-c2ccccc2)CC1. The zero-order chi connectivity index (χ0) is 38.2. The van der Waals surface area contributed by atoms with E-state index in [0.717, 1.165) is 51.6 Å². The van der Waals surface area contributed by atoms with Crippen LogP contribution in [-0.2, 0) is 6.42 Å². The van der Waals surface area contributed by atoms with Gasteiger partial charge in [0.05, 0.1) is 11.0 Å². The maximum absolute atomic E-state index is 6.43. The Kier molecular flexibility index (Phi) is 7.39. The molecule has 272 valence electrons. The van der Waals surface area contributed by atoms with Crippen molar-refractivity contribution in [3.05, 3.63) is 205 Å². The summed E-state index contributed by atoms with van der Waals surface area (Å²) in [5, 5.41) is 7.39. The third-order valence-corrected chi connectivity index (χ3v) is 12.3. The van der Waals surface area contributed by atoms with Crippen molar-refractivity contribution in [2.24, 2.45) is 0 Å². The standard InChI is InChI=1S/C56H37NO/c1-2-14-36(15-3-1)54-45-20-4-6-22-47(45)55(48-23-7-5-21-46(48)54)37-28-31-41(32-29-37)57-51-26-10-8-18-43(51)50-35-39(30-33-52(50)57)38-16-12-17-40(34-38)42-24-13-25-49-44-19-9-11-27-53(44)58-56(42)49/h1-6,8-22,24-35H,7,23H2. The van der Waals surface area contributed by atoms with Crippen molar-refractivity contribution in [1.29, 1.82) is 0 Å². The summed E-state index contributed by atoms with van der Waals surface area (Å²) in [6, 6.07) is 68.5. The molecule has 0 bridgehead atoms. The Morgan fingerprint density at radius 3 is 1.90 bits per heavy atom. The predicted molar refractivity (Wildman–Crippen MR) is 245 cm³/mol. The number of hydrogen-bond acceptors (Lipinski definition) is 1. The molecule has 0 atom stereocenters. The van der Waals surface area contributed by atoms with Gasteiger partial charge in [0, 0.05) is 32.8 Å². The van der Waals surface area contributed by atoms with Gasteiger partial charge >= 0.3 is 0 Å². The second kappa shape index (κ2) is 13.1. The lowest BCUT2D eigenvalue weighted by molar-refractivity contribution is 0.670. The van der Waals surface area contributed by atoms with Crippen molar-refractivity contribution in [2.75, 3.05) is 0 Å². The molecule has 2 heteroatoms. The maximum Gasteiger partial charge on any atom is 0.143 e. The quantitative estimate of drug-likeness (QED) is 0.172. The van der Waals surface area contributed by atoms with Crippen LogP contribution in [0.15, 0.2) is 199 Å². The van der Waals surface area contributed by atoms with Crippen molar-refractivity contribution < 1.29 is 4.42 Å². The number of benzene rings is 9. The Hall–Kier alpha value is -7.42. The third-order valence-electron chi connectivity index (χ3n) is 12.3. The molecule has 2 aromatic heterocycles. The van der Waals surface area contributed by atoms with Crippen molar-refractivity contribution in [1.82, 2.24) is 4.57 Å². The molecule has 0 unspecified atom stereocenters. The van der Waals surface area contributed by atoms with Crippen LogP contribution in [0.1, 0.15) is 17.5 Å². The highest BCUT2D eigenvalue weighted by molar-refractivity contribution is 6.13. The number of nitrogens with zero attached hydrogens (tertiary/aromatic N) is 1. The van der Waals surface area contributed by atoms with E-state index in [2.05, 4.69) is 193 Å². The lowest BCUT2D eigenvalue weighted by Crippen LogP contribution is -2.02. The summed E-state index contributed by atoms with van der Waals surface area (Å²) < 4.78 is 8.85. The lowest BCUT2D eigenvalue weighted by atomic mass is 9.80. The normalized spacial score (nSPS) is 12.6. The Morgan fingerprint density at radius 1 is 0.414 bits per heavy atom. The number of fused-ring (bicyclic) bond motifs is 8. The van der Waals surface area contributed by atoms with Crippen LogP contribution in [0, 0.1) is 0 Å². The fraction of sp³-hybridized carbons (Fsp3) is 0.0357. The number of rotatable bonds is 5. The average molecular weight is 740 g/mol. The summed E-state index contributed by atoms with van der Waals surface area (Å²) in [5.41, 5.74) is 18.0. The number of para-hydroxylation sites is 3. The van der Waals surface area contributed by atoms with Gasteiger partial charge in [-0.05, 0) is 116 Å². The van der Waals surface area contributed by atoms with E-state index < -0.39 is 0 Å². The summed E-state index contributed by atoms with van der Waals surface area (Å²) in [4.78, 5) is 0. The van der Waals surface area contributed by atoms with Gasteiger partial charge in [0.2, 0.25) is 0 Å². The number of aromatic nitrogens is 1. The highest BCUT2D eigenvalue weighted by atomic mass is 16.3. The first-order chi connectivity index (χ1) is 28.8. The molecule has 2 nitrogen and oxygen atoms in total. The van der Waals surface area contributed by atoms with Gasteiger partial charge in [-0.3, -0.25) is 0 Å². The van der Waals surface area contributed by atoms with Crippen LogP contribution >= 0.6 is 0 Å². The van der Waals surface area contributed by atoms with Gasteiger partial charge in [0.1, 0.15) is 11.2 Å². The smallest absolute Gasteiger partial charge is 0.143 e. The molecule has 0 saturated carbocycles. The molecule has 0 radical (unpaired) electrons. The van der Waals surface area contributed by atoms with E-state index >= 15 is 0 Å². The van der Waals surface area contributed by atoms with Gasteiger partial charge in [-0.15, -0.1) is 0 Å². The molecular weight excluding hydrogens is 703 g/mol. The Labute approximate surface area is 336 Å². The molecule has 1 aliphatic rings. The van der Waals surface area contributed by atoms with Crippen molar-refractivity contribution >= 4 is 60.6 Å². The van der Waals surface area contributed by atoms with E-state index in [4.69, 9.17) is 4.42 Å². The fourth-order valence-electron chi connectivity index (χ4n) is 9.68. The Morgan fingerprint density at radius 2 is 1.03 bits per heavy atom. The Bertz CT molecular complexity index is 3430. The van der Waals surface area contributed by atoms with E-state index in [1.54, 1.807) is 0 Å². The molecule has 0 amide bonds. The van der Waals surface area contributed by atoms with Crippen LogP contribution in [0.3, 0.4) is 0 Å². The van der Waals surface area contributed by atoms with Crippen LogP contribution in [0.5, 0.6) is 0 Å². The third kappa shape index (κ3) is 5.05. The first-order valence-electron chi connectivity index (χ1n) is 20.2. The van der Waals surface area contributed by atoms with Crippen LogP contribution in [0.4, 0.5) is 0 Å². The summed E-state index contributed by atoms with van der Waals surface area (Å²) in [7, 11) is 0. The highest BCUT2D eigenvalue weighted by Crippen LogP contribution is 2.45. The first-order valence-corrected chi connectivity index (χ1v) is 20.2. The molecular formula is C56H37NO. The number of furan rings is 1. The molecule has 11 aromatic rings. The second-order valence-corrected chi connectivity index (χ2v) is 15.5. The molecule has 0 fully saturated rings. The molecule has 9 aromatic carbocycles. The molecule has 0 aliphatic heterocycles. The van der Waals surface area contributed by atoms with Crippen molar-refractivity contribution in [3.63, 3.8) is 0 Å². The van der Waals surface area contributed by atoms with E-state index in [9.17, 15) is 0 Å². The highest BCUT2D eigenvalue weighted by Gasteiger charge is 2.22. The van der Waals surface area contributed by atoms with Gasteiger partial charge < -0.3 is 8.98 Å². The number of allylic oxidation sites excluding steroid dienone is 1. The van der Waals surface area contributed by atoms with Gasteiger partial charge in [0.15, 0.2) is 0 Å². The van der Waals surface area contributed by atoms with Gasteiger partial charge in [0.25, 0.3) is 0 Å². The van der Waals surface area contributed by atoms with Gasteiger partial charge in [-0.25, -0.2) is 0 Å². The van der Waals surface area contributed by atoms with E-state index in [1.807, 2.05) is 12.1 Å². The maximum atomic E-state index is 6.43. The van der Waals surface area contributed by atoms with Crippen LogP contribution in [-0.4, -0.2) is 4.57 Å². The van der Waals surface area contributed by atoms with Gasteiger partial charge in [-0.2, -0.15) is 0 Å². The largest absolute Gasteiger partial charge is 0.455 e. The molecule has 2 heterocycles. The molecule has 0 saturated heterocycles. The monoisotopic (exact) mass is 739 g/mol. The minimum Gasteiger partial charge on any atom is -0.455 e. The fourth-order valence-corrected chi connectivity index (χ4v) is 9.68. The van der Waals surface area contributed by atoms with E-state index in [-0.39, 0.29) is 0 Å². The minimum absolute atomic E-state index is 0.917. The summed E-state index contributed by atoms with van der Waals surface area (Å²) in [5.74, 6) is 0. The topological polar surface area (TPSA) is 18.1 Å². The van der Waals surface area contributed by atoms with E-state index in [1.165, 1.54) is 77.1 Å². The Balaban J connectivity index is 0.966. The van der Waals surface area contributed by atoms with Crippen LogP contribution in [0.2, 0.25) is 0 Å². The average Bonchev–Trinajstić information content (AvgIpc) is 3.84.